The van der Waals surface area contributed by atoms with E-state index in [9.17, 15) is 18.0 Å². The third-order valence-corrected chi connectivity index (χ3v) is 4.50. The zero-order valence-electron chi connectivity index (χ0n) is 16.4. The molecule has 4 heteroatoms. The normalized spacial score (nSPS) is 15.8. The van der Waals surface area contributed by atoms with Gasteiger partial charge >= 0.3 is 0 Å². The minimum Gasteiger partial charge on any atom is -0.289 e. The van der Waals surface area contributed by atoms with Gasteiger partial charge in [-0.1, -0.05) is 41.5 Å². The molecule has 0 spiro atoms. The summed E-state index contributed by atoms with van der Waals surface area (Å²) in [7, 11) is 0. The molecule has 0 radical (unpaired) electrons. The second kappa shape index (κ2) is 6.57. The van der Waals surface area contributed by atoms with E-state index in [1.165, 1.54) is 6.92 Å². The molecule has 0 unspecified atom stereocenters. The Morgan fingerprint density at radius 1 is 0.846 bits per heavy atom. The highest BCUT2D eigenvalue weighted by atomic mass is 19.2. The summed E-state index contributed by atoms with van der Waals surface area (Å²) >= 11 is 0. The van der Waals surface area contributed by atoms with E-state index in [1.807, 2.05) is 41.5 Å². The molecule has 0 bridgehead atoms. The molecular formula is C22H25F3O. The van der Waals surface area contributed by atoms with Gasteiger partial charge < -0.3 is 0 Å². The van der Waals surface area contributed by atoms with Crippen LogP contribution >= 0.6 is 0 Å². The minimum absolute atomic E-state index is 0.0182. The zero-order chi connectivity index (χ0) is 20.0. The third-order valence-electron chi connectivity index (χ3n) is 4.50. The van der Waals surface area contributed by atoms with Gasteiger partial charge in [-0.3, -0.25) is 4.79 Å². The number of rotatable bonds is 1. The smallest absolute Gasteiger partial charge is 0.194 e. The molecule has 1 aromatic rings. The lowest BCUT2D eigenvalue weighted by Gasteiger charge is -2.31. The first-order valence-electron chi connectivity index (χ1n) is 8.58. The lowest BCUT2D eigenvalue weighted by Crippen LogP contribution is -2.27. The average molecular weight is 362 g/mol. The van der Waals surface area contributed by atoms with Crippen molar-refractivity contribution in [3.8, 4) is 0 Å². The van der Waals surface area contributed by atoms with Gasteiger partial charge in [-0.25, -0.2) is 13.2 Å². The maximum Gasteiger partial charge on any atom is 0.194 e. The molecule has 0 heterocycles. The highest BCUT2D eigenvalue weighted by molar-refractivity contribution is 6.12. The lowest BCUT2D eigenvalue weighted by molar-refractivity contribution is -0.114. The van der Waals surface area contributed by atoms with E-state index >= 15 is 0 Å². The SMILES string of the molecule is Cc1c(C=C2C=C(C(C)(C)C)C(=O)C(C(C)(C)C)=C2)cc(F)c(F)c1F. The number of carbonyl (C=O) groups excluding carboxylic acids is 1. The number of Topliss-reactive ketones (excluding diaryl/α,β-unsaturated/α-hetero) is 1. The van der Waals surface area contributed by atoms with E-state index in [1.54, 1.807) is 18.2 Å². The van der Waals surface area contributed by atoms with Crippen molar-refractivity contribution in [2.75, 3.05) is 0 Å². The van der Waals surface area contributed by atoms with Crippen LogP contribution in [0, 0.1) is 35.2 Å². The predicted octanol–water partition coefficient (Wildman–Crippen LogP) is 6.32. The molecule has 0 saturated heterocycles. The van der Waals surface area contributed by atoms with Crippen LogP contribution in [0.4, 0.5) is 13.2 Å². The van der Waals surface area contributed by atoms with Gasteiger partial charge in [0, 0.05) is 11.1 Å². The van der Waals surface area contributed by atoms with Crippen molar-refractivity contribution in [1.82, 2.24) is 0 Å². The first kappa shape index (κ1) is 20.2. The molecular weight excluding hydrogens is 337 g/mol. The van der Waals surface area contributed by atoms with Crippen LogP contribution in [0.1, 0.15) is 52.7 Å². The van der Waals surface area contributed by atoms with Crippen LogP contribution in [-0.2, 0) is 4.79 Å². The molecule has 0 atom stereocenters. The molecule has 1 aliphatic carbocycles. The van der Waals surface area contributed by atoms with Crippen molar-refractivity contribution in [1.29, 1.82) is 0 Å². The minimum atomic E-state index is -1.47. The molecule has 1 aliphatic rings. The molecule has 140 valence electrons. The summed E-state index contributed by atoms with van der Waals surface area (Å²) in [6, 6.07) is 0.979. The summed E-state index contributed by atoms with van der Waals surface area (Å²) in [4.78, 5) is 12.9. The molecule has 1 aromatic carbocycles. The van der Waals surface area contributed by atoms with Crippen molar-refractivity contribution in [3.05, 3.63) is 63.5 Å². The molecule has 0 aromatic heterocycles. The number of benzene rings is 1. The van der Waals surface area contributed by atoms with E-state index in [4.69, 9.17) is 0 Å². The van der Waals surface area contributed by atoms with Crippen LogP contribution < -0.4 is 0 Å². The third kappa shape index (κ3) is 3.84. The van der Waals surface area contributed by atoms with Gasteiger partial charge in [-0.15, -0.1) is 0 Å². The fourth-order valence-corrected chi connectivity index (χ4v) is 2.88. The Balaban J connectivity index is 2.70. The fraction of sp³-hybridized carbons (Fsp3) is 0.409. The van der Waals surface area contributed by atoms with Crippen LogP contribution in [0.5, 0.6) is 0 Å². The van der Waals surface area contributed by atoms with E-state index in [0.717, 1.165) is 6.07 Å². The van der Waals surface area contributed by atoms with Crippen molar-refractivity contribution < 1.29 is 18.0 Å². The quantitative estimate of drug-likeness (QED) is 0.534. The summed E-state index contributed by atoms with van der Waals surface area (Å²) in [6.45, 7) is 13.1. The Labute approximate surface area is 153 Å². The summed E-state index contributed by atoms with van der Waals surface area (Å²) in [5.74, 6) is -3.91. The Morgan fingerprint density at radius 3 is 1.73 bits per heavy atom. The van der Waals surface area contributed by atoms with Crippen LogP contribution in [-0.4, -0.2) is 5.78 Å². The molecule has 0 N–H and O–H groups in total. The van der Waals surface area contributed by atoms with E-state index in [2.05, 4.69) is 0 Å². The fourth-order valence-electron chi connectivity index (χ4n) is 2.88. The Bertz CT molecular complexity index is 821. The standard InChI is InChI=1S/C22H25F3O/c1-12-14(11-17(23)19(25)18(12)24)8-13-9-15(21(2,3)4)20(26)16(10-13)22(5,6)7/h8-11H,1-7H3. The first-order valence-corrected chi connectivity index (χ1v) is 8.58. The van der Waals surface area contributed by atoms with E-state index in [0.29, 0.717) is 16.7 Å². The van der Waals surface area contributed by atoms with Crippen molar-refractivity contribution in [3.63, 3.8) is 0 Å². The second-order valence-corrected chi connectivity index (χ2v) is 8.79. The topological polar surface area (TPSA) is 17.1 Å². The van der Waals surface area contributed by atoms with Crippen LogP contribution in [0.3, 0.4) is 0 Å². The number of ketones is 1. The largest absolute Gasteiger partial charge is 0.289 e. The predicted molar refractivity (Wildman–Crippen MR) is 99.1 cm³/mol. The molecule has 1 nitrogen and oxygen atoms in total. The summed E-state index contributed by atoms with van der Waals surface area (Å²) in [5.41, 5.74) is 1.45. The van der Waals surface area contributed by atoms with Crippen molar-refractivity contribution >= 4 is 11.9 Å². The maximum absolute atomic E-state index is 13.9. The summed E-state index contributed by atoms with van der Waals surface area (Å²) in [5, 5.41) is 0. The van der Waals surface area contributed by atoms with E-state index in [-0.39, 0.29) is 27.7 Å². The van der Waals surface area contributed by atoms with Gasteiger partial charge in [0.1, 0.15) is 0 Å². The van der Waals surface area contributed by atoms with Crippen molar-refractivity contribution in [2.24, 2.45) is 10.8 Å². The number of halogens is 3. The lowest BCUT2D eigenvalue weighted by atomic mass is 9.72. The molecule has 0 amide bonds. The monoisotopic (exact) mass is 362 g/mol. The van der Waals surface area contributed by atoms with Gasteiger partial charge in [0.05, 0.1) is 0 Å². The average Bonchev–Trinajstić information content (AvgIpc) is 2.49. The number of hydrogen-bond donors (Lipinski definition) is 0. The molecule has 2 rings (SSSR count). The molecule has 26 heavy (non-hydrogen) atoms. The highest BCUT2D eigenvalue weighted by Gasteiger charge is 2.34. The Morgan fingerprint density at radius 2 is 1.31 bits per heavy atom. The number of hydrogen-bond acceptors (Lipinski definition) is 1. The summed E-state index contributed by atoms with van der Waals surface area (Å²) < 4.78 is 40.9. The number of carbonyl (C=O) groups is 1. The van der Waals surface area contributed by atoms with Gasteiger partial charge in [0.15, 0.2) is 23.2 Å². The van der Waals surface area contributed by atoms with Crippen LogP contribution in [0.15, 0.2) is 34.9 Å². The van der Waals surface area contributed by atoms with Gasteiger partial charge in [-0.05, 0) is 58.7 Å². The molecule has 0 aliphatic heterocycles. The highest BCUT2D eigenvalue weighted by Crippen LogP contribution is 2.39. The number of allylic oxidation sites excluding steroid dienone is 5. The van der Waals surface area contributed by atoms with Crippen molar-refractivity contribution in [2.45, 2.75) is 48.5 Å². The van der Waals surface area contributed by atoms with E-state index < -0.39 is 17.5 Å². The first-order chi connectivity index (χ1) is 11.7. The van der Waals surface area contributed by atoms with Crippen LogP contribution in [0.2, 0.25) is 0 Å². The molecule has 0 saturated carbocycles. The van der Waals surface area contributed by atoms with Crippen LogP contribution in [0.25, 0.3) is 6.08 Å². The Kier molecular flexibility index (Phi) is 5.10. The van der Waals surface area contributed by atoms with Gasteiger partial charge in [0.2, 0.25) is 0 Å². The second-order valence-electron chi connectivity index (χ2n) is 8.79. The maximum atomic E-state index is 13.9. The van der Waals surface area contributed by atoms with Gasteiger partial charge in [-0.2, -0.15) is 0 Å². The Hall–Kier alpha value is -2.10. The van der Waals surface area contributed by atoms with Gasteiger partial charge in [0.25, 0.3) is 0 Å². The summed E-state index contributed by atoms with van der Waals surface area (Å²) in [6.07, 6.45) is 5.08. The molecule has 0 fully saturated rings. The zero-order valence-corrected chi connectivity index (χ0v) is 16.4.